The molecule has 0 spiro atoms. The van der Waals surface area contributed by atoms with Gasteiger partial charge in [0, 0.05) is 34.9 Å². The van der Waals surface area contributed by atoms with Crippen molar-refractivity contribution in [3.8, 4) is 11.5 Å². The second-order valence-electron chi connectivity index (χ2n) is 12.8. The molecule has 0 saturated heterocycles. The number of para-hydroxylation sites is 1. The lowest BCUT2D eigenvalue weighted by Gasteiger charge is -2.31. The van der Waals surface area contributed by atoms with Gasteiger partial charge in [-0.3, -0.25) is 9.59 Å². The lowest BCUT2D eigenvalue weighted by Crippen LogP contribution is -2.44. The molecule has 3 aromatic rings. The first-order valence-electron chi connectivity index (χ1n) is 15.5. The van der Waals surface area contributed by atoms with Crippen LogP contribution in [0.15, 0.2) is 66.7 Å². The number of carbonyl (C=O) groups excluding carboxylic acids is 1. The Morgan fingerprint density at radius 3 is 2.41 bits per heavy atom. The van der Waals surface area contributed by atoms with E-state index in [1.54, 1.807) is 30.2 Å². The summed E-state index contributed by atoms with van der Waals surface area (Å²) in [6.07, 6.45) is 0.442. The van der Waals surface area contributed by atoms with Gasteiger partial charge in [-0.15, -0.1) is 12.4 Å². The van der Waals surface area contributed by atoms with Crippen LogP contribution < -0.4 is 14.4 Å². The van der Waals surface area contributed by atoms with E-state index in [9.17, 15) is 14.7 Å². The third-order valence-electron chi connectivity index (χ3n) is 7.68. The molecular weight excluding hydrogens is 627 g/mol. The summed E-state index contributed by atoms with van der Waals surface area (Å²) in [4.78, 5) is 29.6. The number of hydrogen-bond donors (Lipinski definition) is 1. The number of methoxy groups -OCH3 is 1. The van der Waals surface area contributed by atoms with E-state index in [0.717, 1.165) is 32.4 Å². The highest BCUT2D eigenvalue weighted by Crippen LogP contribution is 2.45. The Hall–Kier alpha value is -3.30. The molecule has 10 heteroatoms. The average molecular weight is 674 g/mol. The molecule has 1 aliphatic rings. The summed E-state index contributed by atoms with van der Waals surface area (Å²) in [5, 5.41) is 10.2. The summed E-state index contributed by atoms with van der Waals surface area (Å²) in [6, 6.07) is 21.3. The molecule has 4 rings (SSSR count). The Bertz CT molecular complexity index is 1450. The number of anilines is 1. The summed E-state index contributed by atoms with van der Waals surface area (Å²) < 4.78 is 18.5. The Balaban J connectivity index is 0.00000576. The van der Waals surface area contributed by atoms with Crippen molar-refractivity contribution in [2.45, 2.75) is 58.7 Å². The van der Waals surface area contributed by atoms with Gasteiger partial charge in [0.1, 0.15) is 12.2 Å². The minimum atomic E-state index is -1.22. The molecule has 3 aromatic carbocycles. The minimum absolute atomic E-state index is 0. The van der Waals surface area contributed by atoms with Crippen molar-refractivity contribution in [3.63, 3.8) is 0 Å². The topological polar surface area (TPSA) is 88.5 Å². The second-order valence-corrected chi connectivity index (χ2v) is 13.2. The zero-order valence-electron chi connectivity index (χ0n) is 27.3. The zero-order valence-corrected chi connectivity index (χ0v) is 28.9. The van der Waals surface area contributed by atoms with Crippen LogP contribution >= 0.6 is 24.0 Å². The molecule has 0 aromatic heterocycles. The number of halogens is 2. The van der Waals surface area contributed by atoms with Crippen LogP contribution in [0.1, 0.15) is 62.8 Å². The van der Waals surface area contributed by atoms with Crippen LogP contribution in [0.25, 0.3) is 0 Å². The summed E-state index contributed by atoms with van der Waals surface area (Å²) in [5.74, 6) is -0.514. The van der Waals surface area contributed by atoms with Crippen LogP contribution in [0.3, 0.4) is 0 Å². The highest BCUT2D eigenvalue weighted by atomic mass is 35.5. The number of aliphatic carboxylic acids is 1. The maximum Gasteiger partial charge on any atom is 0.306 e. The molecular formula is C36H46Cl2N2O6. The molecule has 1 heterocycles. The average Bonchev–Trinajstić information content (AvgIpc) is 3.09. The van der Waals surface area contributed by atoms with Gasteiger partial charge in [0.25, 0.3) is 5.91 Å². The first-order chi connectivity index (χ1) is 21.5. The summed E-state index contributed by atoms with van der Waals surface area (Å²) in [7, 11) is 3.68. The normalized spacial score (nSPS) is 16.4. The van der Waals surface area contributed by atoms with Gasteiger partial charge < -0.3 is 29.1 Å². The SMILES string of the molecule is COc1c(OCCCN(C)CCCc2ccccc2)cccc1C1OC(CC(=O)O)C(=O)N(CC(C)(C)C)c2ccc(Cl)cc21.Cl. The fourth-order valence-corrected chi connectivity index (χ4v) is 5.82. The largest absolute Gasteiger partial charge is 0.492 e. The van der Waals surface area contributed by atoms with Gasteiger partial charge in [-0.2, -0.15) is 0 Å². The monoisotopic (exact) mass is 672 g/mol. The number of nitrogens with zero attached hydrogens (tertiary/aromatic N) is 2. The third-order valence-corrected chi connectivity index (χ3v) is 7.92. The fourth-order valence-electron chi connectivity index (χ4n) is 5.64. The highest BCUT2D eigenvalue weighted by Gasteiger charge is 2.40. The van der Waals surface area contributed by atoms with Crippen molar-refractivity contribution in [1.29, 1.82) is 0 Å². The molecule has 2 atom stereocenters. The number of carboxylic acids is 1. The summed E-state index contributed by atoms with van der Waals surface area (Å²) in [5.41, 5.74) is 2.99. The number of hydrogen-bond acceptors (Lipinski definition) is 6. The zero-order chi connectivity index (χ0) is 32.6. The molecule has 1 N–H and O–H groups in total. The van der Waals surface area contributed by atoms with Crippen LogP contribution in [0.2, 0.25) is 5.02 Å². The van der Waals surface area contributed by atoms with Crippen LogP contribution in [0.5, 0.6) is 11.5 Å². The molecule has 0 aliphatic carbocycles. The van der Waals surface area contributed by atoms with Crippen LogP contribution in [-0.4, -0.2) is 68.4 Å². The number of amides is 1. The van der Waals surface area contributed by atoms with Crippen molar-refractivity contribution in [3.05, 3.63) is 88.4 Å². The first kappa shape index (κ1) is 37.2. The van der Waals surface area contributed by atoms with E-state index < -0.39 is 30.5 Å². The number of aryl methyl sites for hydroxylation is 1. The quantitative estimate of drug-likeness (QED) is 0.178. The highest BCUT2D eigenvalue weighted by molar-refractivity contribution is 6.30. The maximum atomic E-state index is 13.8. The predicted molar refractivity (Wildman–Crippen MR) is 185 cm³/mol. The van der Waals surface area contributed by atoms with Crippen LogP contribution in [0, 0.1) is 5.41 Å². The predicted octanol–water partition coefficient (Wildman–Crippen LogP) is 7.45. The van der Waals surface area contributed by atoms with Crippen molar-refractivity contribution in [2.24, 2.45) is 5.41 Å². The molecule has 1 amide bonds. The van der Waals surface area contributed by atoms with Gasteiger partial charge >= 0.3 is 5.97 Å². The molecule has 46 heavy (non-hydrogen) atoms. The lowest BCUT2D eigenvalue weighted by atomic mass is 9.94. The molecule has 0 saturated carbocycles. The van der Waals surface area contributed by atoms with E-state index >= 15 is 0 Å². The van der Waals surface area contributed by atoms with E-state index in [1.807, 2.05) is 45.0 Å². The van der Waals surface area contributed by atoms with Gasteiger partial charge in [-0.25, -0.2) is 0 Å². The number of fused-ring (bicyclic) bond motifs is 1. The number of carboxylic acid groups (broad SMARTS) is 1. The molecule has 8 nitrogen and oxygen atoms in total. The van der Waals surface area contributed by atoms with Crippen molar-refractivity contribution >= 4 is 41.6 Å². The molecule has 2 unspecified atom stereocenters. The smallest absolute Gasteiger partial charge is 0.306 e. The summed E-state index contributed by atoms with van der Waals surface area (Å²) >= 11 is 6.49. The van der Waals surface area contributed by atoms with E-state index in [2.05, 4.69) is 36.2 Å². The van der Waals surface area contributed by atoms with E-state index in [-0.39, 0.29) is 17.8 Å². The minimum Gasteiger partial charge on any atom is -0.492 e. The number of benzene rings is 3. The molecule has 250 valence electrons. The third kappa shape index (κ3) is 10.1. The lowest BCUT2D eigenvalue weighted by molar-refractivity contribution is -0.147. The van der Waals surface area contributed by atoms with Crippen molar-refractivity contribution < 1.29 is 28.9 Å². The van der Waals surface area contributed by atoms with Gasteiger partial charge in [0.15, 0.2) is 11.5 Å². The number of ether oxygens (including phenoxy) is 3. The van der Waals surface area contributed by atoms with Gasteiger partial charge in [-0.1, -0.05) is 74.8 Å². The molecule has 0 fully saturated rings. The van der Waals surface area contributed by atoms with Gasteiger partial charge in [0.05, 0.1) is 20.1 Å². The molecule has 1 aliphatic heterocycles. The van der Waals surface area contributed by atoms with Crippen molar-refractivity contribution in [1.82, 2.24) is 4.90 Å². The van der Waals surface area contributed by atoms with E-state index in [0.29, 0.717) is 46.5 Å². The Morgan fingerprint density at radius 2 is 1.74 bits per heavy atom. The molecule has 0 radical (unpaired) electrons. The Kier molecular flexibility index (Phi) is 13.8. The second kappa shape index (κ2) is 17.0. The van der Waals surface area contributed by atoms with Gasteiger partial charge in [-0.05, 0) is 68.1 Å². The van der Waals surface area contributed by atoms with Gasteiger partial charge in [0.2, 0.25) is 0 Å². The number of carbonyl (C=O) groups is 2. The van der Waals surface area contributed by atoms with Crippen LogP contribution in [0.4, 0.5) is 5.69 Å². The summed E-state index contributed by atoms with van der Waals surface area (Å²) in [6.45, 7) is 8.81. The van der Waals surface area contributed by atoms with Crippen LogP contribution in [-0.2, 0) is 20.7 Å². The van der Waals surface area contributed by atoms with Crippen molar-refractivity contribution in [2.75, 3.05) is 45.3 Å². The molecule has 0 bridgehead atoms. The fraction of sp³-hybridized carbons (Fsp3) is 0.444. The Morgan fingerprint density at radius 1 is 1.02 bits per heavy atom. The van der Waals surface area contributed by atoms with E-state index in [4.69, 9.17) is 25.8 Å². The van der Waals surface area contributed by atoms with E-state index in [1.165, 1.54) is 5.56 Å². The standard InChI is InChI=1S/C36H45ClN2O6.ClH/c1-36(2,3)24-39-29-18-17-26(37)22-28(29)33(45-31(35(39)42)23-32(40)41)27-15-9-16-30(34(27)43-5)44-21-11-20-38(4)19-10-14-25-12-7-6-8-13-25;/h6-9,12-13,15-18,22,31,33H,10-11,14,19-21,23-24H2,1-5H3,(H,40,41);1H. The maximum absolute atomic E-state index is 13.8. The Labute approximate surface area is 284 Å². The first-order valence-corrected chi connectivity index (χ1v) is 15.8. The number of rotatable bonds is 14.